The Morgan fingerprint density at radius 1 is 1.30 bits per heavy atom. The summed E-state index contributed by atoms with van der Waals surface area (Å²) in [6.07, 6.45) is 0. The molecule has 0 bridgehead atoms. The Bertz CT molecular complexity index is 940. The summed E-state index contributed by atoms with van der Waals surface area (Å²) in [5.74, 6) is 0.974. The van der Waals surface area contributed by atoms with E-state index in [-0.39, 0.29) is 12.4 Å². The number of ether oxygens (including phenoxy) is 1. The second kappa shape index (κ2) is 8.15. The number of nitrogens with two attached hydrogens (primary N) is 1. The minimum absolute atomic E-state index is 0.0626. The van der Waals surface area contributed by atoms with Crippen LogP contribution >= 0.6 is 0 Å². The van der Waals surface area contributed by atoms with E-state index in [1.54, 1.807) is 25.1 Å². The van der Waals surface area contributed by atoms with Gasteiger partial charge in [0.15, 0.2) is 0 Å². The number of carbonyl (C=O) groups is 1. The monoisotopic (exact) mass is 372 g/mol. The predicted octanol–water partition coefficient (Wildman–Crippen LogP) is 1.92. The number of hydrogen-bond acceptors (Lipinski definition) is 5. The van der Waals surface area contributed by atoms with Crippen LogP contribution in [0.25, 0.3) is 11.0 Å². The van der Waals surface area contributed by atoms with Gasteiger partial charge in [0, 0.05) is 12.6 Å². The lowest BCUT2D eigenvalue weighted by Crippen LogP contribution is -2.38. The van der Waals surface area contributed by atoms with Crippen LogP contribution in [0, 0.1) is 5.82 Å². The maximum Gasteiger partial charge on any atom is 0.234 e. The number of hydrogen-bond donors (Lipinski definition) is 3. The Morgan fingerprint density at radius 2 is 2.00 bits per heavy atom. The first-order chi connectivity index (χ1) is 13.0. The molecule has 1 amide bonds. The third kappa shape index (κ3) is 4.42. The van der Waals surface area contributed by atoms with Gasteiger partial charge in [0.25, 0.3) is 0 Å². The average molecular weight is 372 g/mol. The molecule has 0 saturated carbocycles. The second-order valence-electron chi connectivity index (χ2n) is 6.11. The summed E-state index contributed by atoms with van der Waals surface area (Å²) in [6, 6.07) is 10.6. The molecule has 2 aromatic carbocycles. The number of carbonyl (C=O) groups excluding carboxylic acids is 1. The molecule has 4 N–H and O–H groups in total. The van der Waals surface area contributed by atoms with Gasteiger partial charge in [-0.3, -0.25) is 10.1 Å². The molecule has 8 heteroatoms. The highest BCUT2D eigenvalue weighted by molar-refractivity contribution is 5.79. The highest BCUT2D eigenvalue weighted by Crippen LogP contribution is 2.26. The van der Waals surface area contributed by atoms with Crippen LogP contribution in [0.5, 0.6) is 11.5 Å². The molecule has 27 heavy (non-hydrogen) atoms. The highest BCUT2D eigenvalue weighted by atomic mass is 19.1. The molecule has 3 aromatic rings. The third-order valence-corrected chi connectivity index (χ3v) is 4.16. The number of nitrogens with one attached hydrogen (secondary N) is 1. The van der Waals surface area contributed by atoms with E-state index >= 15 is 0 Å². The van der Waals surface area contributed by atoms with E-state index in [0.29, 0.717) is 30.4 Å². The van der Waals surface area contributed by atoms with Gasteiger partial charge in [-0.05, 0) is 43.3 Å². The molecule has 0 spiro atoms. The molecule has 0 aliphatic heterocycles. The number of primary amides is 1. The lowest BCUT2D eigenvalue weighted by molar-refractivity contribution is -0.119. The van der Waals surface area contributed by atoms with Crippen molar-refractivity contribution in [2.24, 2.45) is 5.73 Å². The van der Waals surface area contributed by atoms with Crippen LogP contribution in [-0.2, 0) is 17.9 Å². The summed E-state index contributed by atoms with van der Waals surface area (Å²) in [7, 11) is 0. The Kier molecular flexibility index (Phi) is 5.68. The Balaban J connectivity index is 1.88. The van der Waals surface area contributed by atoms with Crippen molar-refractivity contribution in [3.05, 3.63) is 54.1 Å². The second-order valence-corrected chi connectivity index (χ2v) is 6.11. The molecule has 142 valence electrons. The van der Waals surface area contributed by atoms with Crippen molar-refractivity contribution in [2.45, 2.75) is 26.1 Å². The number of halogens is 1. The van der Waals surface area contributed by atoms with Gasteiger partial charge in [-0.2, -0.15) is 0 Å². The number of nitrogens with zero attached hydrogens (tertiary/aromatic N) is 2. The Labute approximate surface area is 155 Å². The summed E-state index contributed by atoms with van der Waals surface area (Å²) in [5.41, 5.74) is 6.78. The van der Waals surface area contributed by atoms with E-state index in [4.69, 9.17) is 10.5 Å². The molecule has 3 rings (SSSR count). The molecular weight excluding hydrogens is 351 g/mol. The largest absolute Gasteiger partial charge is 0.457 e. The van der Waals surface area contributed by atoms with Gasteiger partial charge in [0.2, 0.25) is 5.91 Å². The quantitative estimate of drug-likeness (QED) is 0.561. The van der Waals surface area contributed by atoms with E-state index in [2.05, 4.69) is 10.3 Å². The summed E-state index contributed by atoms with van der Waals surface area (Å²) in [6.45, 7) is 2.29. The number of fused-ring (bicyclic) bond motifs is 1. The molecule has 0 fully saturated rings. The van der Waals surface area contributed by atoms with E-state index < -0.39 is 11.9 Å². The predicted molar refractivity (Wildman–Crippen MR) is 98.8 cm³/mol. The first-order valence-electron chi connectivity index (χ1n) is 8.54. The van der Waals surface area contributed by atoms with Crippen molar-refractivity contribution < 1.29 is 19.0 Å². The molecule has 0 radical (unpaired) electrons. The van der Waals surface area contributed by atoms with E-state index in [1.807, 2.05) is 16.7 Å². The number of benzene rings is 2. The standard InChI is InChI=1S/C19H21FN4O3/c1-12(19(21)26)22-11-18-23-16-7-6-15(10-17(16)24(18)8-9-25)27-14-4-2-13(20)3-5-14/h2-7,10,12,22,25H,8-9,11H2,1H3,(H2,21,26). The summed E-state index contributed by atoms with van der Waals surface area (Å²) in [5, 5.41) is 12.4. The molecule has 1 unspecified atom stereocenters. The fourth-order valence-corrected chi connectivity index (χ4v) is 2.68. The van der Waals surface area contributed by atoms with E-state index in [0.717, 1.165) is 11.0 Å². The number of amides is 1. The first-order valence-corrected chi connectivity index (χ1v) is 8.54. The molecule has 1 atom stereocenters. The first kappa shape index (κ1) is 18.8. The summed E-state index contributed by atoms with van der Waals surface area (Å²) in [4.78, 5) is 15.7. The fraction of sp³-hybridized carbons (Fsp3) is 0.263. The Hall–Kier alpha value is -2.97. The van der Waals surface area contributed by atoms with Crippen LogP contribution in [0.15, 0.2) is 42.5 Å². The van der Waals surface area contributed by atoms with Gasteiger partial charge in [0.1, 0.15) is 23.1 Å². The maximum atomic E-state index is 13.0. The maximum absolute atomic E-state index is 13.0. The van der Waals surface area contributed by atoms with Gasteiger partial charge >= 0.3 is 0 Å². The minimum Gasteiger partial charge on any atom is -0.457 e. The van der Waals surface area contributed by atoms with Crippen LogP contribution in [0.2, 0.25) is 0 Å². The SMILES string of the molecule is CC(NCc1nc2ccc(Oc3ccc(F)cc3)cc2n1CCO)C(N)=O. The smallest absolute Gasteiger partial charge is 0.234 e. The van der Waals surface area contributed by atoms with E-state index in [9.17, 15) is 14.3 Å². The number of rotatable bonds is 8. The average Bonchev–Trinajstić information content (AvgIpc) is 2.99. The number of imidazole rings is 1. The van der Waals surface area contributed by atoms with Crippen LogP contribution in [-0.4, -0.2) is 33.2 Å². The molecule has 7 nitrogen and oxygen atoms in total. The van der Waals surface area contributed by atoms with Crippen LogP contribution in [0.4, 0.5) is 4.39 Å². The van der Waals surface area contributed by atoms with Gasteiger partial charge in [-0.25, -0.2) is 9.37 Å². The number of aliphatic hydroxyl groups excluding tert-OH is 1. The van der Waals surface area contributed by atoms with Crippen molar-refractivity contribution in [1.82, 2.24) is 14.9 Å². The lowest BCUT2D eigenvalue weighted by Gasteiger charge is -2.12. The van der Waals surface area contributed by atoms with Gasteiger partial charge in [0.05, 0.1) is 30.2 Å². The summed E-state index contributed by atoms with van der Waals surface area (Å²) >= 11 is 0. The molecule has 0 aliphatic rings. The number of aliphatic hydroxyl groups is 1. The molecule has 0 aliphatic carbocycles. The van der Waals surface area contributed by atoms with E-state index in [1.165, 1.54) is 12.1 Å². The van der Waals surface area contributed by atoms with Crippen molar-refractivity contribution in [3.63, 3.8) is 0 Å². The normalized spacial score (nSPS) is 12.3. The van der Waals surface area contributed by atoms with Gasteiger partial charge in [-0.15, -0.1) is 0 Å². The van der Waals surface area contributed by atoms with Gasteiger partial charge in [-0.1, -0.05) is 0 Å². The third-order valence-electron chi connectivity index (χ3n) is 4.16. The Morgan fingerprint density at radius 3 is 2.67 bits per heavy atom. The van der Waals surface area contributed by atoms with Crippen molar-refractivity contribution >= 4 is 16.9 Å². The zero-order chi connectivity index (χ0) is 19.4. The van der Waals surface area contributed by atoms with Crippen LogP contribution in [0.3, 0.4) is 0 Å². The molecular formula is C19H21FN4O3. The van der Waals surface area contributed by atoms with Gasteiger partial charge < -0.3 is 20.1 Å². The molecule has 0 saturated heterocycles. The highest BCUT2D eigenvalue weighted by Gasteiger charge is 2.14. The lowest BCUT2D eigenvalue weighted by atomic mass is 10.3. The van der Waals surface area contributed by atoms with Crippen LogP contribution < -0.4 is 15.8 Å². The zero-order valence-corrected chi connectivity index (χ0v) is 14.9. The number of aromatic nitrogens is 2. The van der Waals surface area contributed by atoms with Crippen molar-refractivity contribution in [3.8, 4) is 11.5 Å². The fourth-order valence-electron chi connectivity index (χ4n) is 2.68. The molecule has 1 heterocycles. The topological polar surface area (TPSA) is 102 Å². The summed E-state index contributed by atoms with van der Waals surface area (Å²) < 4.78 is 20.6. The van der Waals surface area contributed by atoms with Crippen molar-refractivity contribution in [1.29, 1.82) is 0 Å². The molecule has 1 aromatic heterocycles. The zero-order valence-electron chi connectivity index (χ0n) is 14.9. The van der Waals surface area contributed by atoms with Crippen molar-refractivity contribution in [2.75, 3.05) is 6.61 Å². The van der Waals surface area contributed by atoms with Crippen LogP contribution in [0.1, 0.15) is 12.7 Å². The minimum atomic E-state index is -0.496.